The summed E-state index contributed by atoms with van der Waals surface area (Å²) in [5, 5.41) is 2.03. The molecule has 0 spiro atoms. The molecule has 27 heavy (non-hydrogen) atoms. The van der Waals surface area contributed by atoms with Gasteiger partial charge >= 0.3 is 37.7 Å². The van der Waals surface area contributed by atoms with Crippen LogP contribution in [-0.4, -0.2) is 11.3 Å². The van der Waals surface area contributed by atoms with Crippen LogP contribution >= 0.6 is 6.04 Å². The summed E-state index contributed by atoms with van der Waals surface area (Å²) in [7, 11) is -1.12. The Morgan fingerprint density at radius 1 is 0.778 bits per heavy atom. The van der Waals surface area contributed by atoms with Crippen molar-refractivity contribution in [1.29, 1.82) is 0 Å². The predicted molar refractivity (Wildman–Crippen MR) is 112 cm³/mol. The summed E-state index contributed by atoms with van der Waals surface area (Å²) in [6, 6.07) is 26.9. The van der Waals surface area contributed by atoms with E-state index in [1.54, 1.807) is 7.05 Å². The van der Waals surface area contributed by atoms with Gasteiger partial charge in [0.25, 0.3) is 0 Å². The molecule has 128 valence electrons. The molecule has 1 atom stereocenters. The topological polar surface area (TPSA) is 29.4 Å². The zero-order valence-corrected chi connectivity index (χ0v) is 18.4. The van der Waals surface area contributed by atoms with Gasteiger partial charge in [0.05, 0.1) is 0 Å². The molecule has 0 heterocycles. The first-order valence-corrected chi connectivity index (χ1v) is 12.3. The third kappa shape index (κ3) is 5.50. The third-order valence-electron chi connectivity index (χ3n) is 3.92. The van der Waals surface area contributed by atoms with Crippen LogP contribution in [0.15, 0.2) is 100 Å². The molecule has 0 amide bonds. The van der Waals surface area contributed by atoms with Crippen molar-refractivity contribution in [3.05, 3.63) is 96.5 Å². The van der Waals surface area contributed by atoms with E-state index in [9.17, 15) is 4.21 Å². The Bertz CT molecular complexity index is 962. The zero-order valence-electron chi connectivity index (χ0n) is 15.9. The summed E-state index contributed by atoms with van der Waals surface area (Å²) < 4.78 is 17.9. The molecule has 3 rings (SSSR count). The molecule has 0 N–H and O–H groups in total. The fraction of sp³-hybridized carbons (Fsp3) is 0.0500. The summed E-state index contributed by atoms with van der Waals surface area (Å²) in [6.45, 7) is 0. The predicted octanol–water partition coefficient (Wildman–Crippen LogP) is -1.60. The van der Waals surface area contributed by atoms with E-state index in [1.807, 2.05) is 96.5 Å². The van der Waals surface area contributed by atoms with Gasteiger partial charge in [-0.05, 0) is 32.5 Å². The van der Waals surface area contributed by atoms with E-state index in [-0.39, 0.29) is 37.7 Å². The SMILES string of the molecule is CN=S(=O)([CH-]P(=S)(c1ccccc1)c1ccccc1)c1ccccc1.[Li+].[Li+]. The Morgan fingerprint density at radius 2 is 1.15 bits per heavy atom. The Hall–Kier alpha value is -0.545. The number of benzene rings is 3. The van der Waals surface area contributed by atoms with Crippen LogP contribution in [0, 0.1) is 5.49 Å². The third-order valence-corrected chi connectivity index (χ3v) is 11.9. The van der Waals surface area contributed by atoms with Gasteiger partial charge in [0.2, 0.25) is 0 Å². The maximum atomic E-state index is 13.7. The van der Waals surface area contributed by atoms with Crippen LogP contribution in [0.25, 0.3) is 0 Å². The average molecular weight is 398 g/mol. The second kappa shape index (κ2) is 10.9. The smallest absolute Gasteiger partial charge is 0.278 e. The van der Waals surface area contributed by atoms with E-state index in [0.29, 0.717) is 4.90 Å². The van der Waals surface area contributed by atoms with Crippen LogP contribution in [-0.2, 0) is 21.5 Å². The van der Waals surface area contributed by atoms with Crippen molar-refractivity contribution in [2.45, 2.75) is 4.90 Å². The standard InChI is InChI=1S/C20H19NOPS2.2Li/c1-21-25(22,20-15-9-4-10-16-20)17-23(24,18-11-5-2-6-12-18)19-13-7-3-8-14-19;;/h2-17H,1H3;;/q-1;2*+1. The van der Waals surface area contributed by atoms with Gasteiger partial charge in [-0.25, -0.2) is 0 Å². The van der Waals surface area contributed by atoms with Gasteiger partial charge in [-0.3, -0.25) is 8.57 Å². The second-order valence-electron chi connectivity index (χ2n) is 5.50. The minimum atomic E-state index is -2.71. The molecule has 0 saturated carbocycles. The van der Waals surface area contributed by atoms with Crippen molar-refractivity contribution in [1.82, 2.24) is 0 Å². The molecule has 2 nitrogen and oxygen atoms in total. The van der Waals surface area contributed by atoms with Gasteiger partial charge in [-0.1, -0.05) is 78.9 Å². The number of hydrogen-bond acceptors (Lipinski definition) is 3. The summed E-state index contributed by atoms with van der Waals surface area (Å²) in [5.41, 5.74) is 1.83. The molecule has 0 fully saturated rings. The van der Waals surface area contributed by atoms with E-state index in [0.717, 1.165) is 10.6 Å². The molecule has 7 heteroatoms. The molecule has 0 radical (unpaired) electrons. The van der Waals surface area contributed by atoms with Crippen LogP contribution in [0.5, 0.6) is 0 Å². The van der Waals surface area contributed by atoms with E-state index < -0.39 is 15.8 Å². The van der Waals surface area contributed by atoms with E-state index >= 15 is 0 Å². The summed E-state index contributed by atoms with van der Waals surface area (Å²) in [4.78, 5) is 0.693. The molecular formula is C20H19Li2NOPS2+. The monoisotopic (exact) mass is 398 g/mol. The van der Waals surface area contributed by atoms with E-state index in [1.165, 1.54) is 0 Å². The molecule has 3 aromatic carbocycles. The number of nitrogens with zero attached hydrogens (tertiary/aromatic N) is 1. The van der Waals surface area contributed by atoms with Gasteiger partial charge in [0, 0.05) is 11.9 Å². The normalized spacial score (nSPS) is 12.8. The molecule has 0 aliphatic heterocycles. The van der Waals surface area contributed by atoms with Crippen LogP contribution in [0.1, 0.15) is 0 Å². The van der Waals surface area contributed by atoms with Gasteiger partial charge in [0.15, 0.2) is 0 Å². The van der Waals surface area contributed by atoms with E-state index in [2.05, 4.69) is 4.36 Å². The fourth-order valence-electron chi connectivity index (χ4n) is 2.60. The molecule has 1 unspecified atom stereocenters. The quantitative estimate of drug-likeness (QED) is 0.295. The summed E-state index contributed by atoms with van der Waals surface area (Å²) >= 11 is 6.17. The fourth-order valence-corrected chi connectivity index (χ4v) is 10.1. The maximum Gasteiger partial charge on any atom is 1.00 e. The van der Waals surface area contributed by atoms with E-state index in [4.69, 9.17) is 11.8 Å². The molecular weight excluding hydrogens is 379 g/mol. The Morgan fingerprint density at radius 3 is 1.52 bits per heavy atom. The first-order valence-electron chi connectivity index (χ1n) is 7.86. The van der Waals surface area contributed by atoms with Crippen LogP contribution in [0.2, 0.25) is 0 Å². The first kappa shape index (κ1) is 24.5. The van der Waals surface area contributed by atoms with Crippen molar-refractivity contribution in [3.63, 3.8) is 0 Å². The molecule has 0 bridgehead atoms. The van der Waals surface area contributed by atoms with Gasteiger partial charge in [0.1, 0.15) is 0 Å². The van der Waals surface area contributed by atoms with Crippen molar-refractivity contribution in [2.75, 3.05) is 7.05 Å². The van der Waals surface area contributed by atoms with Crippen molar-refractivity contribution in [3.8, 4) is 0 Å². The Labute approximate surface area is 191 Å². The Kier molecular flexibility index (Phi) is 9.84. The summed E-state index contributed by atoms with van der Waals surface area (Å²) in [5.74, 6) is 0. The zero-order chi connectivity index (χ0) is 17.8. The maximum absolute atomic E-state index is 13.7. The average Bonchev–Trinajstić information content (AvgIpc) is 2.70. The molecule has 0 aliphatic rings. The van der Waals surface area contributed by atoms with Crippen LogP contribution < -0.4 is 48.3 Å². The number of rotatable bonds is 5. The Balaban J connectivity index is 0.00000182. The minimum Gasteiger partial charge on any atom is -0.278 e. The largest absolute Gasteiger partial charge is 1.00 e. The molecule has 0 aliphatic carbocycles. The summed E-state index contributed by atoms with van der Waals surface area (Å²) in [6.07, 6.45) is 0. The van der Waals surface area contributed by atoms with Crippen LogP contribution in [0.3, 0.4) is 0 Å². The van der Waals surface area contributed by atoms with Gasteiger partial charge in [-0.2, -0.15) is 5.49 Å². The van der Waals surface area contributed by atoms with Crippen molar-refractivity contribution >= 4 is 38.2 Å². The molecule has 3 aromatic rings. The molecule has 0 aromatic heterocycles. The van der Waals surface area contributed by atoms with Gasteiger partial charge in [-0.15, -0.1) is 17.8 Å². The first-order chi connectivity index (χ1) is 12.1. The van der Waals surface area contributed by atoms with Gasteiger partial charge < -0.3 is 0 Å². The minimum absolute atomic E-state index is 0. The molecule has 0 saturated heterocycles. The number of hydrogen-bond donors (Lipinski definition) is 0. The van der Waals surface area contributed by atoms with Crippen LogP contribution in [0.4, 0.5) is 0 Å². The van der Waals surface area contributed by atoms with Crippen molar-refractivity contribution in [2.24, 2.45) is 4.36 Å². The van der Waals surface area contributed by atoms with Crippen molar-refractivity contribution < 1.29 is 41.9 Å². The second-order valence-corrected chi connectivity index (χ2v) is 12.4.